The maximum atomic E-state index is 6.45. The van der Waals surface area contributed by atoms with Gasteiger partial charge in [0.1, 0.15) is 18.0 Å². The van der Waals surface area contributed by atoms with Crippen LogP contribution in [-0.2, 0) is 0 Å². The quantitative estimate of drug-likeness (QED) is 0.321. The summed E-state index contributed by atoms with van der Waals surface area (Å²) in [5.41, 5.74) is 4.02. The zero-order valence-corrected chi connectivity index (χ0v) is 17.0. The molecule has 0 aliphatic heterocycles. The molecule has 29 heavy (non-hydrogen) atoms. The minimum atomic E-state index is 0.469. The van der Waals surface area contributed by atoms with Crippen molar-refractivity contribution in [3.63, 3.8) is 0 Å². The van der Waals surface area contributed by atoms with Crippen LogP contribution >= 0.6 is 34.8 Å². The molecule has 0 fully saturated rings. The van der Waals surface area contributed by atoms with Crippen molar-refractivity contribution in [3.05, 3.63) is 76.0 Å². The van der Waals surface area contributed by atoms with Crippen LogP contribution in [0, 0.1) is 0 Å². The van der Waals surface area contributed by atoms with E-state index in [0.29, 0.717) is 32.2 Å². The molecule has 0 atom stereocenters. The molecule has 2 aromatic heterocycles. The highest BCUT2D eigenvalue weighted by atomic mass is 35.5. The number of halogens is 3. The van der Waals surface area contributed by atoms with Gasteiger partial charge in [-0.15, -0.1) is 0 Å². The lowest BCUT2D eigenvalue weighted by molar-refractivity contribution is 1.22. The number of rotatable bonds is 3. The smallest absolute Gasteiger partial charge is 0.141 e. The van der Waals surface area contributed by atoms with Crippen molar-refractivity contribution in [2.75, 3.05) is 5.32 Å². The molecule has 5 nitrogen and oxygen atoms in total. The molecular formula is C21H12Cl3N5. The summed E-state index contributed by atoms with van der Waals surface area (Å²) in [4.78, 5) is 16.5. The number of nitrogens with one attached hydrogen (secondary N) is 2. The Morgan fingerprint density at radius 2 is 1.72 bits per heavy atom. The van der Waals surface area contributed by atoms with Gasteiger partial charge in [-0.3, -0.25) is 0 Å². The second kappa shape index (κ2) is 7.19. The molecule has 0 aliphatic rings. The van der Waals surface area contributed by atoms with Gasteiger partial charge in [-0.2, -0.15) is 0 Å². The average molecular weight is 441 g/mol. The van der Waals surface area contributed by atoms with E-state index in [1.54, 1.807) is 12.1 Å². The third kappa shape index (κ3) is 3.38. The van der Waals surface area contributed by atoms with Crippen molar-refractivity contribution < 1.29 is 0 Å². The Hall–Kier alpha value is -2.86. The first-order valence-electron chi connectivity index (χ1n) is 8.70. The van der Waals surface area contributed by atoms with E-state index in [1.165, 1.54) is 6.33 Å². The number of H-pyrrole nitrogens is 1. The highest BCUT2D eigenvalue weighted by molar-refractivity contribution is 6.38. The van der Waals surface area contributed by atoms with E-state index in [0.717, 1.165) is 27.7 Å². The lowest BCUT2D eigenvalue weighted by atomic mass is 10.1. The van der Waals surface area contributed by atoms with Crippen molar-refractivity contribution >= 4 is 68.2 Å². The number of aromatic amines is 1. The van der Waals surface area contributed by atoms with E-state index in [4.69, 9.17) is 34.8 Å². The van der Waals surface area contributed by atoms with Gasteiger partial charge in [0.15, 0.2) is 0 Å². The van der Waals surface area contributed by atoms with Crippen LogP contribution in [0.5, 0.6) is 0 Å². The molecule has 0 aliphatic carbocycles. The standard InChI is InChI=1S/C21H12Cl3N5/c22-11-7-14-19(16(24)8-11)25-10-26-20(14)27-12-5-6-15(23)13(9-12)21-28-17-3-1-2-4-18(17)29-21/h1-10H,(H,28,29)(H,25,26,27). The number of para-hydroxylation sites is 2. The summed E-state index contributed by atoms with van der Waals surface area (Å²) >= 11 is 18.9. The molecule has 0 radical (unpaired) electrons. The van der Waals surface area contributed by atoms with E-state index < -0.39 is 0 Å². The number of hydrogen-bond donors (Lipinski definition) is 2. The van der Waals surface area contributed by atoms with Gasteiger partial charge in [0.25, 0.3) is 0 Å². The number of nitrogens with zero attached hydrogens (tertiary/aromatic N) is 3. The van der Waals surface area contributed by atoms with Gasteiger partial charge in [-0.05, 0) is 42.5 Å². The van der Waals surface area contributed by atoms with Crippen molar-refractivity contribution in [2.24, 2.45) is 0 Å². The zero-order valence-electron chi connectivity index (χ0n) is 14.7. The summed E-state index contributed by atoms with van der Waals surface area (Å²) in [7, 11) is 0. The Morgan fingerprint density at radius 3 is 2.59 bits per heavy atom. The van der Waals surface area contributed by atoms with Gasteiger partial charge >= 0.3 is 0 Å². The van der Waals surface area contributed by atoms with Crippen LogP contribution in [0.15, 0.2) is 60.9 Å². The first-order chi connectivity index (χ1) is 14.1. The van der Waals surface area contributed by atoms with Crippen molar-refractivity contribution in [1.29, 1.82) is 0 Å². The van der Waals surface area contributed by atoms with Crippen LogP contribution in [0.4, 0.5) is 11.5 Å². The first kappa shape index (κ1) is 18.2. The highest BCUT2D eigenvalue weighted by Crippen LogP contribution is 2.34. The van der Waals surface area contributed by atoms with Crippen LogP contribution in [0.2, 0.25) is 15.1 Å². The molecule has 0 bridgehead atoms. The molecule has 8 heteroatoms. The fourth-order valence-corrected chi connectivity index (χ4v) is 3.94. The Kier molecular flexibility index (Phi) is 4.51. The second-order valence-electron chi connectivity index (χ2n) is 6.43. The highest BCUT2D eigenvalue weighted by Gasteiger charge is 2.12. The van der Waals surface area contributed by atoms with Crippen LogP contribution in [0.1, 0.15) is 0 Å². The molecule has 2 heterocycles. The van der Waals surface area contributed by atoms with Gasteiger partial charge in [-0.1, -0.05) is 46.9 Å². The molecule has 0 amide bonds. The summed E-state index contributed by atoms with van der Waals surface area (Å²) in [6.07, 6.45) is 1.46. The third-order valence-corrected chi connectivity index (χ3v) is 5.37. The third-order valence-electron chi connectivity index (χ3n) is 4.53. The van der Waals surface area contributed by atoms with Crippen LogP contribution in [-0.4, -0.2) is 19.9 Å². The number of imidazole rings is 1. The first-order valence-corrected chi connectivity index (χ1v) is 9.83. The predicted molar refractivity (Wildman–Crippen MR) is 119 cm³/mol. The summed E-state index contributed by atoms with van der Waals surface area (Å²) in [6, 6.07) is 16.9. The maximum absolute atomic E-state index is 6.45. The normalized spacial score (nSPS) is 11.3. The molecule has 5 rings (SSSR count). The molecule has 0 saturated carbocycles. The Labute approximate surface area is 180 Å². The zero-order chi connectivity index (χ0) is 20.0. The van der Waals surface area contributed by atoms with Crippen molar-refractivity contribution in [1.82, 2.24) is 19.9 Å². The van der Waals surface area contributed by atoms with Crippen LogP contribution in [0.3, 0.4) is 0 Å². The summed E-state index contributed by atoms with van der Waals surface area (Å²) < 4.78 is 0. The molecule has 142 valence electrons. The number of benzene rings is 3. The molecule has 2 N–H and O–H groups in total. The lowest BCUT2D eigenvalue weighted by Crippen LogP contribution is -1.97. The summed E-state index contributed by atoms with van der Waals surface area (Å²) in [6.45, 7) is 0. The number of hydrogen-bond acceptors (Lipinski definition) is 4. The van der Waals surface area contributed by atoms with E-state index in [2.05, 4.69) is 25.3 Å². The molecular weight excluding hydrogens is 429 g/mol. The average Bonchev–Trinajstić information content (AvgIpc) is 3.14. The Balaban J connectivity index is 1.58. The summed E-state index contributed by atoms with van der Waals surface area (Å²) in [5.74, 6) is 1.29. The largest absolute Gasteiger partial charge is 0.340 e. The summed E-state index contributed by atoms with van der Waals surface area (Å²) in [5, 5.41) is 5.60. The molecule has 0 unspecified atom stereocenters. The molecule has 0 spiro atoms. The monoisotopic (exact) mass is 439 g/mol. The minimum absolute atomic E-state index is 0.469. The van der Waals surface area contributed by atoms with E-state index in [1.807, 2.05) is 42.5 Å². The fraction of sp³-hybridized carbons (Fsp3) is 0. The Morgan fingerprint density at radius 1 is 0.862 bits per heavy atom. The van der Waals surface area contributed by atoms with Gasteiger partial charge < -0.3 is 10.3 Å². The van der Waals surface area contributed by atoms with E-state index in [-0.39, 0.29) is 0 Å². The molecule has 3 aromatic carbocycles. The van der Waals surface area contributed by atoms with Crippen LogP contribution < -0.4 is 5.32 Å². The maximum Gasteiger partial charge on any atom is 0.141 e. The number of anilines is 2. The van der Waals surface area contributed by atoms with Gasteiger partial charge in [0, 0.05) is 21.7 Å². The van der Waals surface area contributed by atoms with Gasteiger partial charge in [-0.25, -0.2) is 15.0 Å². The van der Waals surface area contributed by atoms with Crippen LogP contribution in [0.25, 0.3) is 33.3 Å². The van der Waals surface area contributed by atoms with E-state index in [9.17, 15) is 0 Å². The van der Waals surface area contributed by atoms with Gasteiger partial charge in [0.2, 0.25) is 0 Å². The van der Waals surface area contributed by atoms with E-state index >= 15 is 0 Å². The predicted octanol–water partition coefficient (Wildman–Crippen LogP) is 6.88. The Bertz CT molecular complexity index is 1350. The second-order valence-corrected chi connectivity index (χ2v) is 7.68. The number of fused-ring (bicyclic) bond motifs is 2. The SMILES string of the molecule is Clc1cc(Cl)c2ncnc(Nc3ccc(Cl)c(-c4nc5ccccc5[nH]4)c3)c2c1. The fourth-order valence-electron chi connectivity index (χ4n) is 3.19. The van der Waals surface area contributed by atoms with Crippen molar-refractivity contribution in [3.8, 4) is 11.4 Å². The molecule has 5 aromatic rings. The van der Waals surface area contributed by atoms with Crippen molar-refractivity contribution in [2.45, 2.75) is 0 Å². The van der Waals surface area contributed by atoms with Gasteiger partial charge in [0.05, 0.1) is 26.6 Å². The minimum Gasteiger partial charge on any atom is -0.340 e. The lowest BCUT2D eigenvalue weighted by Gasteiger charge is -2.11. The topological polar surface area (TPSA) is 66.5 Å². The number of aromatic nitrogens is 4. The molecule has 0 saturated heterocycles.